The molecule has 112 valence electrons. The Bertz CT molecular complexity index is 438. The summed E-state index contributed by atoms with van der Waals surface area (Å²) in [5.41, 5.74) is 1.12. The molecule has 0 aromatic heterocycles. The highest BCUT2D eigenvalue weighted by atomic mass is 35.5. The van der Waals surface area contributed by atoms with E-state index < -0.39 is 0 Å². The van der Waals surface area contributed by atoms with Crippen molar-refractivity contribution >= 4 is 23.2 Å². The van der Waals surface area contributed by atoms with Crippen molar-refractivity contribution in [1.29, 1.82) is 0 Å². The fourth-order valence-electron chi connectivity index (χ4n) is 2.92. The van der Waals surface area contributed by atoms with E-state index in [0.717, 1.165) is 48.0 Å². The van der Waals surface area contributed by atoms with Crippen LogP contribution in [-0.4, -0.2) is 25.3 Å². The molecule has 3 atom stereocenters. The van der Waals surface area contributed by atoms with E-state index in [4.69, 9.17) is 27.9 Å². The standard InChI is InChI=1S/C16H23Cl2NO/c1-3-7-19-16(14-6-8-20-11(14)2)10-12-9-13(17)4-5-15(12)18/h4-5,9,11,14,16,19H,3,6-8,10H2,1-2H3. The maximum atomic E-state index is 6.30. The Hall–Kier alpha value is -0.280. The van der Waals surface area contributed by atoms with Gasteiger partial charge in [-0.1, -0.05) is 30.1 Å². The van der Waals surface area contributed by atoms with E-state index >= 15 is 0 Å². The number of halogens is 2. The van der Waals surface area contributed by atoms with Crippen molar-refractivity contribution in [2.24, 2.45) is 5.92 Å². The lowest BCUT2D eigenvalue weighted by atomic mass is 9.88. The second kappa shape index (κ2) is 7.65. The van der Waals surface area contributed by atoms with Gasteiger partial charge in [-0.05, 0) is 56.5 Å². The summed E-state index contributed by atoms with van der Waals surface area (Å²) in [4.78, 5) is 0. The number of hydrogen-bond acceptors (Lipinski definition) is 2. The van der Waals surface area contributed by atoms with Gasteiger partial charge in [0.1, 0.15) is 0 Å². The summed E-state index contributed by atoms with van der Waals surface area (Å²) in [6.07, 6.45) is 3.45. The average molecular weight is 316 g/mol. The molecule has 1 aromatic carbocycles. The molecule has 1 aliphatic heterocycles. The van der Waals surface area contributed by atoms with Gasteiger partial charge in [0.2, 0.25) is 0 Å². The Labute approximate surface area is 131 Å². The zero-order chi connectivity index (χ0) is 14.5. The molecule has 0 radical (unpaired) electrons. The van der Waals surface area contributed by atoms with Crippen LogP contribution >= 0.6 is 23.2 Å². The van der Waals surface area contributed by atoms with Crippen LogP contribution in [0, 0.1) is 5.92 Å². The first kappa shape index (κ1) is 16.1. The van der Waals surface area contributed by atoms with Gasteiger partial charge in [0.05, 0.1) is 6.10 Å². The summed E-state index contributed by atoms with van der Waals surface area (Å²) in [5, 5.41) is 5.20. The number of rotatable bonds is 6. The van der Waals surface area contributed by atoms with Gasteiger partial charge in [-0.15, -0.1) is 0 Å². The van der Waals surface area contributed by atoms with Crippen molar-refractivity contribution in [2.75, 3.05) is 13.2 Å². The predicted octanol–water partition coefficient (Wildman–Crippen LogP) is 4.33. The Morgan fingerprint density at radius 3 is 2.85 bits per heavy atom. The molecule has 0 aliphatic carbocycles. The number of hydrogen-bond donors (Lipinski definition) is 1. The third-order valence-corrected chi connectivity index (χ3v) is 4.66. The summed E-state index contributed by atoms with van der Waals surface area (Å²) in [7, 11) is 0. The van der Waals surface area contributed by atoms with Gasteiger partial charge >= 0.3 is 0 Å². The number of nitrogens with one attached hydrogen (secondary N) is 1. The van der Waals surface area contributed by atoms with Gasteiger partial charge < -0.3 is 10.1 Å². The first-order valence-electron chi connectivity index (χ1n) is 7.40. The quantitative estimate of drug-likeness (QED) is 0.843. The van der Waals surface area contributed by atoms with E-state index in [9.17, 15) is 0 Å². The van der Waals surface area contributed by atoms with Crippen molar-refractivity contribution < 1.29 is 4.74 Å². The summed E-state index contributed by atoms with van der Waals surface area (Å²) >= 11 is 12.4. The molecular weight excluding hydrogens is 293 g/mol. The molecule has 20 heavy (non-hydrogen) atoms. The van der Waals surface area contributed by atoms with Crippen LogP contribution < -0.4 is 5.32 Å². The highest BCUT2D eigenvalue weighted by Gasteiger charge is 2.31. The zero-order valence-electron chi connectivity index (χ0n) is 12.2. The summed E-state index contributed by atoms with van der Waals surface area (Å²) in [6.45, 7) is 6.23. The van der Waals surface area contributed by atoms with Gasteiger partial charge in [-0.2, -0.15) is 0 Å². The van der Waals surface area contributed by atoms with E-state index in [0.29, 0.717) is 18.1 Å². The first-order valence-corrected chi connectivity index (χ1v) is 8.16. The van der Waals surface area contributed by atoms with Crippen LogP contribution in [0.25, 0.3) is 0 Å². The topological polar surface area (TPSA) is 21.3 Å². The maximum absolute atomic E-state index is 6.30. The van der Waals surface area contributed by atoms with Crippen LogP contribution in [0.3, 0.4) is 0 Å². The van der Waals surface area contributed by atoms with Crippen LogP contribution in [0.4, 0.5) is 0 Å². The molecule has 2 nitrogen and oxygen atoms in total. The Morgan fingerprint density at radius 2 is 2.20 bits per heavy atom. The molecule has 1 heterocycles. The largest absolute Gasteiger partial charge is 0.378 e. The molecule has 0 saturated carbocycles. The van der Waals surface area contributed by atoms with Gasteiger partial charge in [0, 0.05) is 28.6 Å². The molecule has 1 N–H and O–H groups in total. The van der Waals surface area contributed by atoms with E-state index in [1.54, 1.807) is 0 Å². The van der Waals surface area contributed by atoms with Crippen LogP contribution in [0.5, 0.6) is 0 Å². The second-order valence-corrected chi connectivity index (χ2v) is 6.37. The van der Waals surface area contributed by atoms with E-state index in [1.807, 2.05) is 18.2 Å². The molecule has 1 aromatic rings. The number of benzene rings is 1. The van der Waals surface area contributed by atoms with Crippen LogP contribution in [0.1, 0.15) is 32.3 Å². The Morgan fingerprint density at radius 1 is 1.40 bits per heavy atom. The molecule has 4 heteroatoms. The smallest absolute Gasteiger partial charge is 0.0590 e. The van der Waals surface area contributed by atoms with Gasteiger partial charge in [0.15, 0.2) is 0 Å². The Balaban J connectivity index is 2.12. The molecule has 1 saturated heterocycles. The second-order valence-electron chi connectivity index (χ2n) is 5.53. The van der Waals surface area contributed by atoms with Gasteiger partial charge in [-0.25, -0.2) is 0 Å². The maximum Gasteiger partial charge on any atom is 0.0590 e. The summed E-state index contributed by atoms with van der Waals surface area (Å²) in [6, 6.07) is 6.09. The molecule has 3 unspecified atom stereocenters. The normalized spacial score (nSPS) is 24.0. The SMILES string of the molecule is CCCNC(Cc1cc(Cl)ccc1Cl)C1CCOC1C. The van der Waals surface area contributed by atoms with Crippen molar-refractivity contribution in [1.82, 2.24) is 5.32 Å². The van der Waals surface area contributed by atoms with E-state index in [1.165, 1.54) is 0 Å². The molecule has 1 fully saturated rings. The monoisotopic (exact) mass is 315 g/mol. The summed E-state index contributed by atoms with van der Waals surface area (Å²) < 4.78 is 5.72. The highest BCUT2D eigenvalue weighted by Crippen LogP contribution is 2.29. The third-order valence-electron chi connectivity index (χ3n) is 4.06. The van der Waals surface area contributed by atoms with E-state index in [2.05, 4.69) is 19.2 Å². The third kappa shape index (κ3) is 4.11. The van der Waals surface area contributed by atoms with E-state index in [-0.39, 0.29) is 0 Å². The fourth-order valence-corrected chi connectivity index (χ4v) is 3.31. The lowest BCUT2D eigenvalue weighted by Crippen LogP contribution is -2.41. The zero-order valence-corrected chi connectivity index (χ0v) is 13.7. The molecule has 0 amide bonds. The summed E-state index contributed by atoms with van der Waals surface area (Å²) in [5.74, 6) is 0.539. The van der Waals surface area contributed by atoms with Crippen molar-refractivity contribution in [2.45, 2.75) is 45.3 Å². The molecule has 0 bridgehead atoms. The van der Waals surface area contributed by atoms with Crippen molar-refractivity contribution in [3.8, 4) is 0 Å². The predicted molar refractivity (Wildman–Crippen MR) is 85.8 cm³/mol. The van der Waals surface area contributed by atoms with Crippen LogP contribution in [0.15, 0.2) is 18.2 Å². The lowest BCUT2D eigenvalue weighted by molar-refractivity contribution is 0.0954. The minimum atomic E-state index is 0.308. The molecule has 0 spiro atoms. The molecular formula is C16H23Cl2NO. The van der Waals surface area contributed by atoms with Crippen LogP contribution in [0.2, 0.25) is 10.0 Å². The van der Waals surface area contributed by atoms with Gasteiger partial charge in [-0.3, -0.25) is 0 Å². The molecule has 2 rings (SSSR count). The number of ether oxygens (including phenoxy) is 1. The minimum absolute atomic E-state index is 0.308. The molecule has 1 aliphatic rings. The van der Waals surface area contributed by atoms with Crippen molar-refractivity contribution in [3.05, 3.63) is 33.8 Å². The van der Waals surface area contributed by atoms with Gasteiger partial charge in [0.25, 0.3) is 0 Å². The average Bonchev–Trinajstić information content (AvgIpc) is 2.84. The first-order chi connectivity index (χ1) is 9.61. The fraction of sp³-hybridized carbons (Fsp3) is 0.625. The van der Waals surface area contributed by atoms with Crippen LogP contribution in [-0.2, 0) is 11.2 Å². The minimum Gasteiger partial charge on any atom is -0.378 e. The van der Waals surface area contributed by atoms with Crippen molar-refractivity contribution in [3.63, 3.8) is 0 Å². The highest BCUT2D eigenvalue weighted by molar-refractivity contribution is 6.33. The lowest BCUT2D eigenvalue weighted by Gasteiger charge is -2.27. The Kier molecular flexibility index (Phi) is 6.16.